The molecule has 1 heterocycles. The smallest absolute Gasteiger partial charge is 0.335 e. The molecule has 3 aromatic rings. The third kappa shape index (κ3) is 2.39. The van der Waals surface area contributed by atoms with E-state index in [-0.39, 0.29) is 11.1 Å². The van der Waals surface area contributed by atoms with Gasteiger partial charge in [0.1, 0.15) is 0 Å². The molecule has 0 unspecified atom stereocenters. The molecule has 0 spiro atoms. The lowest BCUT2D eigenvalue weighted by Crippen LogP contribution is -2.07. The number of pyridine rings is 1. The Balaban J connectivity index is 2.24. The van der Waals surface area contributed by atoms with E-state index < -0.39 is 5.97 Å². The van der Waals surface area contributed by atoms with Crippen LogP contribution in [0.15, 0.2) is 47.3 Å². The standard InChI is InChI=1S/C18H15NO3/c1-10-3-4-13(18(21)22)9-16(10)12-5-6-15-14(8-12)7-11(2)19-17(15)20/h3-9H,1-2H3,(H,19,20)(H,21,22). The molecule has 110 valence electrons. The normalized spacial score (nSPS) is 10.8. The first kappa shape index (κ1) is 14.1. The van der Waals surface area contributed by atoms with E-state index in [0.717, 1.165) is 27.8 Å². The average molecular weight is 293 g/mol. The molecule has 0 aliphatic heterocycles. The first-order chi connectivity index (χ1) is 10.5. The van der Waals surface area contributed by atoms with Crippen LogP contribution in [-0.2, 0) is 0 Å². The van der Waals surface area contributed by atoms with Crippen LogP contribution in [0, 0.1) is 13.8 Å². The molecule has 3 rings (SSSR count). The van der Waals surface area contributed by atoms with Crippen molar-refractivity contribution in [2.45, 2.75) is 13.8 Å². The van der Waals surface area contributed by atoms with Crippen molar-refractivity contribution in [1.82, 2.24) is 4.98 Å². The quantitative estimate of drug-likeness (QED) is 0.759. The summed E-state index contributed by atoms with van der Waals surface area (Å²) in [7, 11) is 0. The maximum atomic E-state index is 11.9. The Morgan fingerprint density at radius 2 is 1.82 bits per heavy atom. The highest BCUT2D eigenvalue weighted by Crippen LogP contribution is 2.27. The molecule has 1 aromatic heterocycles. The number of nitrogens with one attached hydrogen (secondary N) is 1. The predicted octanol–water partition coefficient (Wildman–Crippen LogP) is 3.51. The SMILES string of the molecule is Cc1cc2cc(-c3cc(C(=O)O)ccc3C)ccc2c(=O)[nH]1. The Morgan fingerprint density at radius 1 is 1.05 bits per heavy atom. The molecule has 0 amide bonds. The summed E-state index contributed by atoms with van der Waals surface area (Å²) < 4.78 is 0. The summed E-state index contributed by atoms with van der Waals surface area (Å²) in [6.45, 7) is 3.78. The van der Waals surface area contributed by atoms with E-state index >= 15 is 0 Å². The van der Waals surface area contributed by atoms with E-state index in [1.54, 1.807) is 24.3 Å². The number of fused-ring (bicyclic) bond motifs is 1. The summed E-state index contributed by atoms with van der Waals surface area (Å²) in [5, 5.41) is 10.6. The second-order valence-electron chi connectivity index (χ2n) is 5.42. The van der Waals surface area contributed by atoms with Crippen molar-refractivity contribution in [3.8, 4) is 11.1 Å². The maximum absolute atomic E-state index is 11.9. The zero-order chi connectivity index (χ0) is 15.9. The number of aromatic carboxylic acids is 1. The number of carboxylic acids is 1. The van der Waals surface area contributed by atoms with Gasteiger partial charge in [-0.15, -0.1) is 0 Å². The fourth-order valence-corrected chi connectivity index (χ4v) is 2.64. The van der Waals surface area contributed by atoms with Crippen LogP contribution >= 0.6 is 0 Å². The number of aryl methyl sites for hydroxylation is 2. The van der Waals surface area contributed by atoms with Crippen LogP contribution in [0.4, 0.5) is 0 Å². The molecule has 4 nitrogen and oxygen atoms in total. The van der Waals surface area contributed by atoms with Gasteiger partial charge in [-0.05, 0) is 66.3 Å². The van der Waals surface area contributed by atoms with E-state index in [4.69, 9.17) is 5.11 Å². The number of carboxylic acid groups (broad SMARTS) is 1. The van der Waals surface area contributed by atoms with Gasteiger partial charge in [0, 0.05) is 11.1 Å². The van der Waals surface area contributed by atoms with Gasteiger partial charge >= 0.3 is 5.97 Å². The van der Waals surface area contributed by atoms with Crippen LogP contribution in [0.5, 0.6) is 0 Å². The highest BCUT2D eigenvalue weighted by molar-refractivity contribution is 5.92. The number of H-pyrrole nitrogens is 1. The van der Waals surface area contributed by atoms with Gasteiger partial charge in [0.25, 0.3) is 5.56 Å². The molecule has 0 saturated heterocycles. The van der Waals surface area contributed by atoms with E-state index in [0.29, 0.717) is 5.39 Å². The average Bonchev–Trinajstić information content (AvgIpc) is 2.46. The number of hydrogen-bond donors (Lipinski definition) is 2. The summed E-state index contributed by atoms with van der Waals surface area (Å²) in [6.07, 6.45) is 0. The van der Waals surface area contributed by atoms with Crippen molar-refractivity contribution in [3.05, 3.63) is 69.6 Å². The molecule has 0 aliphatic rings. The van der Waals surface area contributed by atoms with Crippen LogP contribution < -0.4 is 5.56 Å². The van der Waals surface area contributed by atoms with E-state index in [1.165, 1.54) is 0 Å². The Hall–Kier alpha value is -2.88. The van der Waals surface area contributed by atoms with Gasteiger partial charge in [-0.1, -0.05) is 12.1 Å². The lowest BCUT2D eigenvalue weighted by Gasteiger charge is -2.09. The van der Waals surface area contributed by atoms with E-state index in [1.807, 2.05) is 32.0 Å². The summed E-state index contributed by atoms with van der Waals surface area (Å²) in [5.41, 5.74) is 3.69. The van der Waals surface area contributed by atoms with Crippen LogP contribution in [0.2, 0.25) is 0 Å². The van der Waals surface area contributed by atoms with Gasteiger partial charge in [0.05, 0.1) is 5.56 Å². The molecule has 0 atom stereocenters. The number of benzene rings is 2. The zero-order valence-corrected chi connectivity index (χ0v) is 12.3. The number of aromatic nitrogens is 1. The van der Waals surface area contributed by atoms with Gasteiger partial charge in [-0.25, -0.2) is 4.79 Å². The van der Waals surface area contributed by atoms with Crippen molar-refractivity contribution < 1.29 is 9.90 Å². The van der Waals surface area contributed by atoms with Crippen molar-refractivity contribution in [2.24, 2.45) is 0 Å². The second-order valence-corrected chi connectivity index (χ2v) is 5.42. The van der Waals surface area contributed by atoms with Crippen LogP contribution in [0.3, 0.4) is 0 Å². The Labute approximate surface area is 127 Å². The molecule has 4 heteroatoms. The van der Waals surface area contributed by atoms with Gasteiger partial charge in [-0.2, -0.15) is 0 Å². The third-order valence-electron chi connectivity index (χ3n) is 3.77. The fraction of sp³-hybridized carbons (Fsp3) is 0.111. The zero-order valence-electron chi connectivity index (χ0n) is 12.3. The van der Waals surface area contributed by atoms with Crippen LogP contribution in [-0.4, -0.2) is 16.1 Å². The number of carbonyl (C=O) groups is 1. The highest BCUT2D eigenvalue weighted by Gasteiger charge is 2.09. The molecule has 2 N–H and O–H groups in total. The molecule has 0 bridgehead atoms. The Kier molecular flexibility index (Phi) is 3.29. The van der Waals surface area contributed by atoms with Crippen molar-refractivity contribution in [3.63, 3.8) is 0 Å². The fourth-order valence-electron chi connectivity index (χ4n) is 2.64. The van der Waals surface area contributed by atoms with Crippen molar-refractivity contribution >= 4 is 16.7 Å². The van der Waals surface area contributed by atoms with E-state index in [2.05, 4.69) is 4.98 Å². The lowest BCUT2D eigenvalue weighted by atomic mass is 9.96. The minimum absolute atomic E-state index is 0.113. The van der Waals surface area contributed by atoms with Crippen LogP contribution in [0.25, 0.3) is 21.9 Å². The van der Waals surface area contributed by atoms with Crippen LogP contribution in [0.1, 0.15) is 21.6 Å². The molecular weight excluding hydrogens is 278 g/mol. The molecule has 0 radical (unpaired) electrons. The number of aromatic amines is 1. The minimum Gasteiger partial charge on any atom is -0.478 e. The van der Waals surface area contributed by atoms with Gasteiger partial charge < -0.3 is 10.1 Å². The monoisotopic (exact) mass is 293 g/mol. The summed E-state index contributed by atoms with van der Waals surface area (Å²) in [4.78, 5) is 25.9. The summed E-state index contributed by atoms with van der Waals surface area (Å²) >= 11 is 0. The largest absolute Gasteiger partial charge is 0.478 e. The maximum Gasteiger partial charge on any atom is 0.335 e. The molecule has 0 saturated carbocycles. The topological polar surface area (TPSA) is 70.2 Å². The second kappa shape index (κ2) is 5.15. The third-order valence-corrected chi connectivity index (χ3v) is 3.77. The lowest BCUT2D eigenvalue weighted by molar-refractivity contribution is 0.0697. The number of rotatable bonds is 2. The van der Waals surface area contributed by atoms with E-state index in [9.17, 15) is 9.59 Å². The highest BCUT2D eigenvalue weighted by atomic mass is 16.4. The Bertz CT molecular complexity index is 954. The Morgan fingerprint density at radius 3 is 2.55 bits per heavy atom. The van der Waals surface area contributed by atoms with Crippen molar-refractivity contribution in [1.29, 1.82) is 0 Å². The first-order valence-corrected chi connectivity index (χ1v) is 6.94. The summed E-state index contributed by atoms with van der Waals surface area (Å²) in [6, 6.07) is 12.5. The van der Waals surface area contributed by atoms with Crippen molar-refractivity contribution in [2.75, 3.05) is 0 Å². The molecule has 22 heavy (non-hydrogen) atoms. The molecule has 0 aliphatic carbocycles. The minimum atomic E-state index is -0.950. The molecular formula is C18H15NO3. The number of hydrogen-bond acceptors (Lipinski definition) is 2. The molecule has 0 fully saturated rings. The summed E-state index contributed by atoms with van der Waals surface area (Å²) in [5.74, 6) is -0.950. The van der Waals surface area contributed by atoms with Gasteiger partial charge in [-0.3, -0.25) is 4.79 Å². The van der Waals surface area contributed by atoms with Gasteiger partial charge in [0.2, 0.25) is 0 Å². The van der Waals surface area contributed by atoms with Gasteiger partial charge in [0.15, 0.2) is 0 Å². The first-order valence-electron chi connectivity index (χ1n) is 6.94. The predicted molar refractivity (Wildman–Crippen MR) is 86.4 cm³/mol. The molecule has 2 aromatic carbocycles.